The third kappa shape index (κ3) is 5.00. The maximum absolute atomic E-state index is 15.7. The van der Waals surface area contributed by atoms with Gasteiger partial charge in [0.1, 0.15) is 11.2 Å². The summed E-state index contributed by atoms with van der Waals surface area (Å²) in [6.07, 6.45) is 2.26. The summed E-state index contributed by atoms with van der Waals surface area (Å²) in [5, 5.41) is 2.91. The molecule has 0 spiro atoms. The fraction of sp³-hybridized carbons (Fsp3) is 0.600. The van der Waals surface area contributed by atoms with Crippen LogP contribution in [0.2, 0.25) is 0 Å². The molecule has 2 heterocycles. The van der Waals surface area contributed by atoms with E-state index in [0.717, 1.165) is 25.3 Å². The van der Waals surface area contributed by atoms with Crippen LogP contribution in [-0.2, 0) is 4.79 Å². The van der Waals surface area contributed by atoms with Crippen LogP contribution in [0.5, 0.6) is 5.75 Å². The number of amides is 1. The Labute approximate surface area is 214 Å². The van der Waals surface area contributed by atoms with E-state index in [-0.39, 0.29) is 46.2 Å². The Balaban J connectivity index is 1.75. The molecule has 37 heavy (non-hydrogen) atoms. The van der Waals surface area contributed by atoms with Gasteiger partial charge in [0.2, 0.25) is 12.5 Å². The Morgan fingerprint density at radius 1 is 1.38 bits per heavy atom. The van der Waals surface area contributed by atoms with Gasteiger partial charge in [-0.3, -0.25) is 19.1 Å². The smallest absolute Gasteiger partial charge is 0.350 e. The minimum atomic E-state index is -0.770. The summed E-state index contributed by atoms with van der Waals surface area (Å²) < 4.78 is 23.3. The molecule has 2 unspecified atom stereocenters. The molecule has 4 rings (SSSR count). The van der Waals surface area contributed by atoms with Crippen LogP contribution in [-0.4, -0.2) is 72.5 Å². The molecule has 1 saturated carbocycles. The van der Waals surface area contributed by atoms with Gasteiger partial charge < -0.3 is 25.6 Å². The van der Waals surface area contributed by atoms with Crippen LogP contribution in [0.3, 0.4) is 0 Å². The second-order valence-electron chi connectivity index (χ2n) is 9.70. The number of hydrogen-bond acceptors (Lipinski definition) is 7. The van der Waals surface area contributed by atoms with E-state index >= 15 is 4.39 Å². The van der Waals surface area contributed by atoms with E-state index in [9.17, 15) is 14.4 Å². The third-order valence-corrected chi connectivity index (χ3v) is 7.42. The first kappa shape index (κ1) is 26.5. The van der Waals surface area contributed by atoms with Crippen molar-refractivity contribution in [2.75, 3.05) is 57.1 Å². The Bertz CT molecular complexity index is 1340. The van der Waals surface area contributed by atoms with E-state index in [2.05, 4.69) is 15.1 Å². The highest BCUT2D eigenvalue weighted by Crippen LogP contribution is 2.43. The van der Waals surface area contributed by atoms with Crippen LogP contribution in [0, 0.1) is 18.3 Å². The molecule has 0 radical (unpaired) electrons. The number of nitrogens with one attached hydrogen (secondary N) is 1. The molecule has 1 aromatic carbocycles. The van der Waals surface area contributed by atoms with E-state index in [1.54, 1.807) is 0 Å². The maximum atomic E-state index is 15.7. The zero-order chi connectivity index (χ0) is 26.9. The number of benzene rings is 1. The second-order valence-corrected chi connectivity index (χ2v) is 9.70. The first-order valence-corrected chi connectivity index (χ1v) is 12.6. The predicted molar refractivity (Wildman–Crippen MR) is 139 cm³/mol. The van der Waals surface area contributed by atoms with Crippen molar-refractivity contribution < 1.29 is 13.9 Å². The molecule has 0 bridgehead atoms. The molecule has 1 amide bonds. The van der Waals surface area contributed by atoms with Crippen molar-refractivity contribution in [2.45, 2.75) is 45.2 Å². The number of ether oxygens (including phenoxy) is 1. The fourth-order valence-corrected chi connectivity index (χ4v) is 5.48. The van der Waals surface area contributed by atoms with Gasteiger partial charge in [0.05, 0.1) is 19.0 Å². The normalized spacial score (nSPS) is 18.3. The van der Waals surface area contributed by atoms with Crippen LogP contribution in [0.1, 0.15) is 39.2 Å². The summed E-state index contributed by atoms with van der Waals surface area (Å²) in [7, 11) is 1.41. The van der Waals surface area contributed by atoms with Crippen molar-refractivity contribution in [1.29, 1.82) is 0 Å². The Kier molecular flexibility index (Phi) is 7.73. The number of methoxy groups -OCH3 is 1. The Morgan fingerprint density at radius 3 is 2.70 bits per heavy atom. The lowest BCUT2D eigenvalue weighted by molar-refractivity contribution is -0.119. The van der Waals surface area contributed by atoms with Gasteiger partial charge in [-0.1, -0.05) is 6.92 Å². The fourth-order valence-electron chi connectivity index (χ4n) is 5.48. The van der Waals surface area contributed by atoms with Gasteiger partial charge in [0, 0.05) is 38.6 Å². The van der Waals surface area contributed by atoms with E-state index in [1.165, 1.54) is 18.6 Å². The number of hydrogen-bond donors (Lipinski definition) is 2. The molecule has 1 aliphatic carbocycles. The summed E-state index contributed by atoms with van der Waals surface area (Å²) in [5.41, 5.74) is -0.941. The molecule has 11 nitrogen and oxygen atoms in total. The number of carbonyl (C=O) groups is 1. The molecule has 1 saturated heterocycles. The zero-order valence-electron chi connectivity index (χ0n) is 21.5. The number of likely N-dealkylation sites (N-methyl/N-ethyl adjacent to an activating group) is 1. The highest BCUT2D eigenvalue weighted by atomic mass is 19.1. The van der Waals surface area contributed by atoms with E-state index in [0.29, 0.717) is 43.9 Å². The lowest BCUT2D eigenvalue weighted by atomic mass is 9.96. The first-order valence-electron chi connectivity index (χ1n) is 12.6. The number of nitrogens with zero attached hydrogens (tertiary/aromatic N) is 5. The summed E-state index contributed by atoms with van der Waals surface area (Å²) in [5.74, 6) is 5.21. The topological polar surface area (TPSA) is 119 Å². The van der Waals surface area contributed by atoms with Crippen LogP contribution < -0.4 is 32.0 Å². The van der Waals surface area contributed by atoms with Crippen molar-refractivity contribution in [2.24, 2.45) is 5.92 Å². The second kappa shape index (κ2) is 10.8. The van der Waals surface area contributed by atoms with Gasteiger partial charge in [0.25, 0.3) is 5.56 Å². The van der Waals surface area contributed by atoms with Crippen LogP contribution in [0.15, 0.2) is 15.7 Å². The van der Waals surface area contributed by atoms with Crippen LogP contribution >= 0.6 is 0 Å². The van der Waals surface area contributed by atoms with E-state index < -0.39 is 17.1 Å². The average molecular weight is 516 g/mol. The van der Waals surface area contributed by atoms with Gasteiger partial charge in [-0.05, 0) is 37.8 Å². The predicted octanol–water partition coefficient (Wildman–Crippen LogP) is 0.932. The van der Waals surface area contributed by atoms with Crippen molar-refractivity contribution in [3.8, 4) is 5.75 Å². The SMILES string of the molecule is [C-]#[N+]CCN(CC)C(CNC(C)=O)C1CCN(c2c(F)cc3c(=O)n(N)c(=O)n(C4CC4)c3c2OC)C1. The zero-order valence-corrected chi connectivity index (χ0v) is 21.5. The lowest BCUT2D eigenvalue weighted by Crippen LogP contribution is -2.49. The largest absolute Gasteiger partial charge is 0.492 e. The summed E-state index contributed by atoms with van der Waals surface area (Å²) >= 11 is 0. The third-order valence-electron chi connectivity index (χ3n) is 7.42. The molecular formula is C25H34FN7O4. The number of nitrogen functional groups attached to an aromatic ring is 1. The quantitative estimate of drug-likeness (QED) is 0.357. The number of aromatic nitrogens is 2. The van der Waals surface area contributed by atoms with Gasteiger partial charge in [0.15, 0.2) is 11.6 Å². The van der Waals surface area contributed by atoms with Crippen LogP contribution in [0.4, 0.5) is 10.1 Å². The minimum absolute atomic E-state index is 0.00249. The molecule has 2 aromatic rings. The maximum Gasteiger partial charge on any atom is 0.350 e. The van der Waals surface area contributed by atoms with Gasteiger partial charge in [-0.15, -0.1) is 0 Å². The van der Waals surface area contributed by atoms with Crippen molar-refractivity contribution in [3.05, 3.63) is 44.1 Å². The minimum Gasteiger partial charge on any atom is -0.492 e. The highest BCUT2D eigenvalue weighted by Gasteiger charge is 2.37. The van der Waals surface area contributed by atoms with Crippen molar-refractivity contribution >= 4 is 22.5 Å². The molecule has 2 aliphatic rings. The number of nitrogens with two attached hydrogens (primary N) is 1. The Morgan fingerprint density at radius 2 is 2.11 bits per heavy atom. The number of fused-ring (bicyclic) bond motifs is 1. The number of carbonyl (C=O) groups excluding carboxylic acids is 1. The summed E-state index contributed by atoms with van der Waals surface area (Å²) in [6, 6.07) is 0.990. The van der Waals surface area contributed by atoms with Gasteiger partial charge in [-0.2, -0.15) is 4.68 Å². The summed E-state index contributed by atoms with van der Waals surface area (Å²) in [4.78, 5) is 44.9. The molecule has 2 fully saturated rings. The monoisotopic (exact) mass is 515 g/mol. The van der Waals surface area contributed by atoms with Gasteiger partial charge >= 0.3 is 5.69 Å². The van der Waals surface area contributed by atoms with E-state index in [1.807, 2.05) is 11.8 Å². The lowest BCUT2D eigenvalue weighted by Gasteiger charge is -2.34. The number of halogens is 1. The average Bonchev–Trinajstić information content (AvgIpc) is 3.60. The molecule has 3 N–H and O–H groups in total. The molecule has 200 valence electrons. The standard InChI is InChI=1S/C25H34FN7O4/c1-5-30(11-9-28-3)20(13-29-15(2)34)16-8-10-31(14-16)22-19(26)12-18-21(23(22)37-4)32(17-6-7-17)25(36)33(27)24(18)35/h12,16-17,20H,5-11,13-14,27H2,1-2,4H3,(H,29,34). The number of rotatable bonds is 10. The van der Waals surface area contributed by atoms with Gasteiger partial charge in [-0.25, -0.2) is 15.8 Å². The molecule has 12 heteroatoms. The van der Waals surface area contributed by atoms with Crippen molar-refractivity contribution in [3.63, 3.8) is 0 Å². The Hall–Kier alpha value is -3.59. The molecular weight excluding hydrogens is 481 g/mol. The molecule has 1 aromatic heterocycles. The highest BCUT2D eigenvalue weighted by molar-refractivity contribution is 5.91. The first-order chi connectivity index (χ1) is 17.7. The van der Waals surface area contributed by atoms with Crippen LogP contribution in [0.25, 0.3) is 15.7 Å². The molecule has 2 atom stereocenters. The van der Waals surface area contributed by atoms with E-state index in [4.69, 9.17) is 17.2 Å². The summed E-state index contributed by atoms with van der Waals surface area (Å²) in [6.45, 7) is 13.7. The molecule has 1 aliphatic heterocycles. The van der Waals surface area contributed by atoms with Crippen molar-refractivity contribution in [1.82, 2.24) is 19.5 Å². The number of anilines is 1.